The summed E-state index contributed by atoms with van der Waals surface area (Å²) in [6, 6.07) is 15.3. The van der Waals surface area contributed by atoms with Gasteiger partial charge in [-0.05, 0) is 29.8 Å². The van der Waals surface area contributed by atoms with Gasteiger partial charge in [0, 0.05) is 29.9 Å². The van der Waals surface area contributed by atoms with Crippen molar-refractivity contribution in [3.63, 3.8) is 0 Å². The molecule has 3 heterocycles. The quantitative estimate of drug-likeness (QED) is 0.621. The maximum absolute atomic E-state index is 13.1. The molecule has 2 aromatic carbocycles. The third-order valence-electron chi connectivity index (χ3n) is 5.81. The third-order valence-corrected chi connectivity index (χ3v) is 5.81. The number of amides is 1. The molecule has 0 radical (unpaired) electrons. The van der Waals surface area contributed by atoms with Crippen LogP contribution < -0.4 is 20.3 Å². The van der Waals surface area contributed by atoms with Crippen LogP contribution >= 0.6 is 0 Å². The van der Waals surface area contributed by atoms with Gasteiger partial charge < -0.3 is 20.1 Å². The molecule has 164 valence electrons. The number of hydrogen-bond acceptors (Lipinski definition) is 7. The maximum atomic E-state index is 13.1. The first-order valence-electron chi connectivity index (χ1n) is 10.6. The molecule has 0 spiro atoms. The molecule has 5 rings (SSSR count). The van der Waals surface area contributed by atoms with E-state index in [-0.39, 0.29) is 12.3 Å². The minimum absolute atomic E-state index is 0.00870. The van der Waals surface area contributed by atoms with Gasteiger partial charge >= 0.3 is 0 Å². The van der Waals surface area contributed by atoms with Crippen LogP contribution in [0.1, 0.15) is 11.1 Å². The minimum Gasteiger partial charge on any atom is -0.497 e. The number of nitrogens with two attached hydrogens (primary N) is 1. The molecule has 3 aromatic rings. The van der Waals surface area contributed by atoms with Gasteiger partial charge in [-0.2, -0.15) is 4.98 Å². The summed E-state index contributed by atoms with van der Waals surface area (Å²) in [5.41, 5.74) is 10.2. The molecule has 2 N–H and O–H groups in total. The smallest absolute Gasteiger partial charge is 0.233 e. The van der Waals surface area contributed by atoms with Gasteiger partial charge in [-0.1, -0.05) is 24.3 Å². The molecule has 1 amide bonds. The van der Waals surface area contributed by atoms with Gasteiger partial charge in [0.05, 0.1) is 39.0 Å². The van der Waals surface area contributed by atoms with E-state index in [4.69, 9.17) is 25.2 Å². The minimum atomic E-state index is 0.00870. The molecule has 0 saturated carbocycles. The van der Waals surface area contributed by atoms with E-state index in [1.807, 2.05) is 48.5 Å². The molecule has 0 unspecified atom stereocenters. The van der Waals surface area contributed by atoms with Crippen LogP contribution in [-0.4, -0.2) is 49.3 Å². The third kappa shape index (κ3) is 3.85. The van der Waals surface area contributed by atoms with Crippen molar-refractivity contribution in [2.75, 3.05) is 48.9 Å². The summed E-state index contributed by atoms with van der Waals surface area (Å²) in [5.74, 6) is 2.07. The van der Waals surface area contributed by atoms with Crippen LogP contribution in [0.25, 0.3) is 11.3 Å². The first-order valence-corrected chi connectivity index (χ1v) is 10.6. The topological polar surface area (TPSA) is 93.8 Å². The predicted molar refractivity (Wildman–Crippen MR) is 123 cm³/mol. The summed E-state index contributed by atoms with van der Waals surface area (Å²) in [4.78, 5) is 26.7. The van der Waals surface area contributed by atoms with Crippen LogP contribution in [0, 0.1) is 0 Å². The zero-order chi connectivity index (χ0) is 22.1. The van der Waals surface area contributed by atoms with E-state index in [1.165, 1.54) is 0 Å². The zero-order valence-corrected chi connectivity index (χ0v) is 18.0. The Balaban J connectivity index is 1.58. The van der Waals surface area contributed by atoms with E-state index in [1.54, 1.807) is 12.0 Å². The Labute approximate surface area is 186 Å². The SMILES string of the molecule is COc1ccc(CN2C(=O)Cc3c(-c4cccc(N)c4)nc(N4CCOCC4)nc32)cc1. The van der Waals surface area contributed by atoms with E-state index in [2.05, 4.69) is 4.90 Å². The second kappa shape index (κ2) is 8.47. The Morgan fingerprint density at radius 2 is 1.88 bits per heavy atom. The average molecular weight is 431 g/mol. The Bertz CT molecular complexity index is 1140. The van der Waals surface area contributed by atoms with E-state index < -0.39 is 0 Å². The second-order valence-electron chi connectivity index (χ2n) is 7.90. The highest BCUT2D eigenvalue weighted by molar-refractivity contribution is 6.02. The number of fused-ring (bicyclic) bond motifs is 1. The van der Waals surface area contributed by atoms with E-state index >= 15 is 0 Å². The van der Waals surface area contributed by atoms with Crippen LogP contribution in [0.4, 0.5) is 17.5 Å². The summed E-state index contributed by atoms with van der Waals surface area (Å²) in [6.45, 7) is 3.11. The molecule has 8 heteroatoms. The lowest BCUT2D eigenvalue weighted by Crippen LogP contribution is -2.37. The highest BCUT2D eigenvalue weighted by Gasteiger charge is 2.34. The number of methoxy groups -OCH3 is 1. The highest BCUT2D eigenvalue weighted by Crippen LogP contribution is 2.37. The number of morpholine rings is 1. The number of benzene rings is 2. The Morgan fingerprint density at radius 1 is 1.09 bits per heavy atom. The second-order valence-corrected chi connectivity index (χ2v) is 7.90. The molecule has 1 fully saturated rings. The Hall–Kier alpha value is -3.65. The lowest BCUT2D eigenvalue weighted by molar-refractivity contribution is -0.117. The van der Waals surface area contributed by atoms with Gasteiger partial charge in [0.15, 0.2) is 0 Å². The summed E-state index contributed by atoms with van der Waals surface area (Å²) in [6.07, 6.45) is 0.263. The van der Waals surface area contributed by atoms with Crippen molar-refractivity contribution >= 4 is 23.4 Å². The molecule has 8 nitrogen and oxygen atoms in total. The predicted octanol–water partition coefficient (Wildman–Crippen LogP) is 2.66. The van der Waals surface area contributed by atoms with Crippen molar-refractivity contribution in [1.29, 1.82) is 0 Å². The fraction of sp³-hybridized carbons (Fsp3) is 0.292. The normalized spacial score (nSPS) is 15.7. The molecule has 32 heavy (non-hydrogen) atoms. The molecule has 2 aliphatic rings. The highest BCUT2D eigenvalue weighted by atomic mass is 16.5. The van der Waals surface area contributed by atoms with Gasteiger partial charge in [0.25, 0.3) is 0 Å². The monoisotopic (exact) mass is 431 g/mol. The molecule has 1 saturated heterocycles. The van der Waals surface area contributed by atoms with E-state index in [0.717, 1.165) is 28.1 Å². The van der Waals surface area contributed by atoms with Crippen LogP contribution in [0.2, 0.25) is 0 Å². The molecule has 0 atom stereocenters. The van der Waals surface area contributed by atoms with E-state index in [9.17, 15) is 4.79 Å². The number of hydrogen-bond donors (Lipinski definition) is 1. The summed E-state index contributed by atoms with van der Waals surface area (Å²) in [5, 5.41) is 0. The number of ether oxygens (including phenoxy) is 2. The van der Waals surface area contributed by atoms with Gasteiger partial charge in [0.2, 0.25) is 11.9 Å². The standard InChI is InChI=1S/C24H25N5O3/c1-31-19-7-5-16(6-8-19)15-29-21(30)14-20-22(17-3-2-4-18(25)13-17)26-24(27-23(20)29)28-9-11-32-12-10-28/h2-8,13H,9-12,14-15,25H2,1H3. The van der Waals surface area contributed by atoms with Crippen LogP contribution in [0.3, 0.4) is 0 Å². The number of nitrogens with zero attached hydrogens (tertiary/aromatic N) is 4. The van der Waals surface area contributed by atoms with Crippen LogP contribution in [0.5, 0.6) is 5.75 Å². The maximum Gasteiger partial charge on any atom is 0.233 e. The molecule has 2 aliphatic heterocycles. The van der Waals surface area contributed by atoms with Gasteiger partial charge in [-0.3, -0.25) is 9.69 Å². The lowest BCUT2D eigenvalue weighted by atomic mass is 10.0. The summed E-state index contributed by atoms with van der Waals surface area (Å²) < 4.78 is 10.7. The van der Waals surface area contributed by atoms with Crippen molar-refractivity contribution in [3.8, 4) is 17.0 Å². The van der Waals surface area contributed by atoms with Crippen molar-refractivity contribution in [3.05, 3.63) is 59.7 Å². The number of anilines is 3. The molecular weight excluding hydrogens is 406 g/mol. The van der Waals surface area contributed by atoms with E-state index in [0.29, 0.717) is 50.3 Å². The summed E-state index contributed by atoms with van der Waals surface area (Å²) >= 11 is 0. The summed E-state index contributed by atoms with van der Waals surface area (Å²) in [7, 11) is 1.64. The average Bonchev–Trinajstić information content (AvgIpc) is 3.14. The van der Waals surface area contributed by atoms with Crippen molar-refractivity contribution in [2.45, 2.75) is 13.0 Å². The molecular formula is C24H25N5O3. The van der Waals surface area contributed by atoms with Gasteiger partial charge in [0.1, 0.15) is 11.6 Å². The van der Waals surface area contributed by atoms with Crippen LogP contribution in [0.15, 0.2) is 48.5 Å². The molecule has 0 bridgehead atoms. The van der Waals surface area contributed by atoms with Crippen LogP contribution in [-0.2, 0) is 22.5 Å². The fourth-order valence-electron chi connectivity index (χ4n) is 4.12. The molecule has 1 aromatic heterocycles. The van der Waals surface area contributed by atoms with Gasteiger partial charge in [-0.15, -0.1) is 0 Å². The lowest BCUT2D eigenvalue weighted by Gasteiger charge is -2.28. The van der Waals surface area contributed by atoms with Crippen molar-refractivity contribution < 1.29 is 14.3 Å². The fourth-order valence-corrected chi connectivity index (χ4v) is 4.12. The molecule has 0 aliphatic carbocycles. The van der Waals surface area contributed by atoms with Crippen molar-refractivity contribution in [2.24, 2.45) is 0 Å². The number of carbonyl (C=O) groups is 1. The Morgan fingerprint density at radius 3 is 2.59 bits per heavy atom. The number of rotatable bonds is 5. The largest absolute Gasteiger partial charge is 0.497 e. The first kappa shape index (κ1) is 20.3. The zero-order valence-electron chi connectivity index (χ0n) is 18.0. The first-order chi connectivity index (χ1) is 15.6. The number of nitrogen functional groups attached to an aromatic ring is 1. The Kier molecular flexibility index (Phi) is 5.36. The number of carbonyl (C=O) groups excluding carboxylic acids is 1. The van der Waals surface area contributed by atoms with Crippen molar-refractivity contribution in [1.82, 2.24) is 9.97 Å². The van der Waals surface area contributed by atoms with Gasteiger partial charge in [-0.25, -0.2) is 4.98 Å². The number of aromatic nitrogens is 2.